The van der Waals surface area contributed by atoms with Gasteiger partial charge in [-0.05, 0) is 25.3 Å². The molecule has 0 saturated carbocycles. The summed E-state index contributed by atoms with van der Waals surface area (Å²) in [5.41, 5.74) is 6.54. The topological polar surface area (TPSA) is 103 Å². The maximum Gasteiger partial charge on any atom is 0.291 e. The average Bonchev–Trinajstić information content (AvgIpc) is 3.06. The van der Waals surface area contributed by atoms with Crippen molar-refractivity contribution in [3.63, 3.8) is 0 Å². The Kier molecular flexibility index (Phi) is 4.86. The molecule has 0 aliphatic carbocycles. The number of aryl methyl sites for hydroxylation is 1. The number of aromatic nitrogens is 3. The van der Waals surface area contributed by atoms with Crippen molar-refractivity contribution in [2.24, 2.45) is 18.7 Å². The van der Waals surface area contributed by atoms with E-state index in [0.29, 0.717) is 37.9 Å². The zero-order chi connectivity index (χ0) is 20.7. The molecule has 0 bridgehead atoms. The lowest BCUT2D eigenvalue weighted by Crippen LogP contribution is -2.44. The third-order valence-electron chi connectivity index (χ3n) is 6.00. The standard InChI is InChI=1S/C21H25N5O3/c1-3-16(20(28)25-10-8-13(9-11-25)19(22)27)26-17-7-5-4-6-14(17)15-12-23-24(2)21(29)18(15)26/h4-7,12-13,16H,3,8-11H2,1-2H3,(H2,22,27). The number of amides is 2. The molecule has 1 aromatic carbocycles. The number of carbonyl (C=O) groups is 2. The molecule has 8 heteroatoms. The van der Waals surface area contributed by atoms with Gasteiger partial charge in [-0.3, -0.25) is 14.4 Å². The van der Waals surface area contributed by atoms with Crippen LogP contribution in [0.5, 0.6) is 0 Å². The van der Waals surface area contributed by atoms with E-state index in [2.05, 4.69) is 5.10 Å². The summed E-state index contributed by atoms with van der Waals surface area (Å²) >= 11 is 0. The van der Waals surface area contributed by atoms with Gasteiger partial charge < -0.3 is 15.2 Å². The fourth-order valence-electron chi connectivity index (χ4n) is 4.37. The van der Waals surface area contributed by atoms with Crippen LogP contribution in [-0.2, 0) is 16.6 Å². The molecule has 2 aromatic heterocycles. The number of piperidine rings is 1. The Morgan fingerprint density at radius 1 is 1.21 bits per heavy atom. The van der Waals surface area contributed by atoms with Crippen molar-refractivity contribution in [1.82, 2.24) is 19.2 Å². The Hall–Kier alpha value is -3.16. The summed E-state index contributed by atoms with van der Waals surface area (Å²) in [4.78, 5) is 39.6. The van der Waals surface area contributed by atoms with Crippen molar-refractivity contribution < 1.29 is 9.59 Å². The van der Waals surface area contributed by atoms with Gasteiger partial charge in [-0.1, -0.05) is 25.1 Å². The Morgan fingerprint density at radius 3 is 2.55 bits per heavy atom. The predicted octanol–water partition coefficient (Wildman–Crippen LogP) is 1.56. The highest BCUT2D eigenvalue weighted by atomic mass is 16.2. The molecule has 1 aliphatic rings. The molecule has 1 atom stereocenters. The Bertz CT molecular complexity index is 1150. The second-order valence-corrected chi connectivity index (χ2v) is 7.65. The quantitative estimate of drug-likeness (QED) is 0.724. The second-order valence-electron chi connectivity index (χ2n) is 7.65. The summed E-state index contributed by atoms with van der Waals surface area (Å²) in [5, 5.41) is 5.83. The normalized spacial score (nSPS) is 16.4. The average molecular weight is 395 g/mol. The van der Waals surface area contributed by atoms with Crippen LogP contribution in [-0.4, -0.2) is 44.2 Å². The molecule has 0 radical (unpaired) electrons. The second kappa shape index (κ2) is 7.35. The molecule has 3 aromatic rings. The maximum atomic E-state index is 13.5. The number of hydrogen-bond donors (Lipinski definition) is 1. The van der Waals surface area contributed by atoms with E-state index in [9.17, 15) is 14.4 Å². The molecule has 152 valence electrons. The van der Waals surface area contributed by atoms with Crippen LogP contribution in [0.2, 0.25) is 0 Å². The summed E-state index contributed by atoms with van der Waals surface area (Å²) in [7, 11) is 1.61. The van der Waals surface area contributed by atoms with E-state index in [1.807, 2.05) is 35.8 Å². The number of hydrogen-bond acceptors (Lipinski definition) is 4. The minimum Gasteiger partial charge on any atom is -0.369 e. The lowest BCUT2D eigenvalue weighted by molar-refractivity contribution is -0.137. The van der Waals surface area contributed by atoms with E-state index in [-0.39, 0.29) is 23.3 Å². The molecule has 3 heterocycles. The van der Waals surface area contributed by atoms with Gasteiger partial charge in [0, 0.05) is 36.8 Å². The Morgan fingerprint density at radius 2 is 1.90 bits per heavy atom. The fourth-order valence-corrected chi connectivity index (χ4v) is 4.37. The van der Waals surface area contributed by atoms with Gasteiger partial charge in [0.2, 0.25) is 11.8 Å². The van der Waals surface area contributed by atoms with E-state index >= 15 is 0 Å². The molecule has 1 fully saturated rings. The molecule has 4 rings (SSSR count). The third-order valence-corrected chi connectivity index (χ3v) is 6.00. The number of likely N-dealkylation sites (tertiary alicyclic amines) is 1. The number of primary amides is 1. The van der Waals surface area contributed by atoms with Gasteiger partial charge in [-0.2, -0.15) is 5.10 Å². The van der Waals surface area contributed by atoms with Crippen LogP contribution in [0.15, 0.2) is 35.3 Å². The van der Waals surface area contributed by atoms with Crippen LogP contribution in [0, 0.1) is 5.92 Å². The highest BCUT2D eigenvalue weighted by Crippen LogP contribution is 2.32. The number of nitrogens with two attached hydrogens (primary N) is 1. The molecule has 1 unspecified atom stereocenters. The van der Waals surface area contributed by atoms with Crippen molar-refractivity contribution in [2.45, 2.75) is 32.2 Å². The number of carbonyl (C=O) groups excluding carboxylic acids is 2. The third kappa shape index (κ3) is 3.08. The van der Waals surface area contributed by atoms with Crippen LogP contribution in [0.3, 0.4) is 0 Å². The first kappa shape index (κ1) is 19.2. The first-order valence-electron chi connectivity index (χ1n) is 9.97. The van der Waals surface area contributed by atoms with Gasteiger partial charge in [0.1, 0.15) is 11.6 Å². The van der Waals surface area contributed by atoms with Crippen molar-refractivity contribution in [2.75, 3.05) is 13.1 Å². The van der Waals surface area contributed by atoms with Crippen molar-refractivity contribution in [1.29, 1.82) is 0 Å². The molecular formula is C21H25N5O3. The summed E-state index contributed by atoms with van der Waals surface area (Å²) < 4.78 is 3.17. The Balaban J connectivity index is 1.81. The Labute approximate surface area is 167 Å². The minimum absolute atomic E-state index is 0.0306. The number of benzene rings is 1. The van der Waals surface area contributed by atoms with Crippen LogP contribution >= 0.6 is 0 Å². The monoisotopic (exact) mass is 395 g/mol. The maximum absolute atomic E-state index is 13.5. The van der Waals surface area contributed by atoms with E-state index < -0.39 is 6.04 Å². The largest absolute Gasteiger partial charge is 0.369 e. The first-order chi connectivity index (χ1) is 13.9. The fraction of sp³-hybridized carbons (Fsp3) is 0.429. The zero-order valence-electron chi connectivity index (χ0n) is 16.7. The van der Waals surface area contributed by atoms with Gasteiger partial charge in [0.05, 0.1) is 11.7 Å². The van der Waals surface area contributed by atoms with Crippen molar-refractivity contribution >= 4 is 33.6 Å². The van der Waals surface area contributed by atoms with Crippen molar-refractivity contribution in [3.8, 4) is 0 Å². The number of para-hydroxylation sites is 1. The number of rotatable bonds is 4. The lowest BCUT2D eigenvalue weighted by Gasteiger charge is -2.33. The highest BCUT2D eigenvalue weighted by molar-refractivity contribution is 6.08. The number of nitrogens with zero attached hydrogens (tertiary/aromatic N) is 4. The molecule has 0 spiro atoms. The van der Waals surface area contributed by atoms with Gasteiger partial charge >= 0.3 is 0 Å². The zero-order valence-corrected chi connectivity index (χ0v) is 16.7. The molecule has 2 N–H and O–H groups in total. The van der Waals surface area contributed by atoms with E-state index in [0.717, 1.165) is 16.3 Å². The lowest BCUT2D eigenvalue weighted by atomic mass is 9.95. The van der Waals surface area contributed by atoms with Crippen LogP contribution < -0.4 is 11.3 Å². The molecule has 8 nitrogen and oxygen atoms in total. The van der Waals surface area contributed by atoms with Gasteiger partial charge in [-0.15, -0.1) is 0 Å². The molecule has 29 heavy (non-hydrogen) atoms. The SMILES string of the molecule is CCC(C(=O)N1CCC(C(N)=O)CC1)n1c2ccccc2c2cnn(C)c(=O)c21. The summed E-state index contributed by atoms with van der Waals surface area (Å²) in [5.74, 6) is -0.509. The van der Waals surface area contributed by atoms with Crippen LogP contribution in [0.1, 0.15) is 32.2 Å². The molecular weight excluding hydrogens is 370 g/mol. The van der Waals surface area contributed by atoms with E-state index in [4.69, 9.17) is 5.73 Å². The minimum atomic E-state index is -0.502. The van der Waals surface area contributed by atoms with Gasteiger partial charge in [-0.25, -0.2) is 4.68 Å². The highest BCUT2D eigenvalue weighted by Gasteiger charge is 2.32. The molecule has 2 amide bonds. The number of fused-ring (bicyclic) bond motifs is 3. The molecule has 1 aliphatic heterocycles. The van der Waals surface area contributed by atoms with Crippen LogP contribution in [0.25, 0.3) is 21.8 Å². The summed E-state index contributed by atoms with van der Waals surface area (Å²) in [6, 6.07) is 7.21. The smallest absolute Gasteiger partial charge is 0.291 e. The van der Waals surface area contributed by atoms with Crippen LogP contribution in [0.4, 0.5) is 0 Å². The molecule has 1 saturated heterocycles. The van der Waals surface area contributed by atoms with E-state index in [1.165, 1.54) is 4.68 Å². The van der Waals surface area contributed by atoms with Gasteiger partial charge in [0.15, 0.2) is 0 Å². The van der Waals surface area contributed by atoms with Crippen molar-refractivity contribution in [3.05, 3.63) is 40.8 Å². The van der Waals surface area contributed by atoms with Gasteiger partial charge in [0.25, 0.3) is 5.56 Å². The summed E-state index contributed by atoms with van der Waals surface area (Å²) in [6.45, 7) is 2.95. The predicted molar refractivity (Wildman–Crippen MR) is 110 cm³/mol. The first-order valence-corrected chi connectivity index (χ1v) is 9.97. The summed E-state index contributed by atoms with van der Waals surface area (Å²) in [6.07, 6.45) is 3.39. The van der Waals surface area contributed by atoms with E-state index in [1.54, 1.807) is 18.1 Å².